The molecule has 0 aromatic heterocycles. The van der Waals surface area contributed by atoms with Gasteiger partial charge in [0, 0.05) is 0 Å². The third kappa shape index (κ3) is 14.5. The first-order chi connectivity index (χ1) is 14.4. The molecular formula is C28H46O3S. The van der Waals surface area contributed by atoms with Crippen molar-refractivity contribution >= 4 is 11.4 Å². The summed E-state index contributed by atoms with van der Waals surface area (Å²) in [6, 6.07) is 21.6. The van der Waals surface area contributed by atoms with Crippen LogP contribution in [0.15, 0.2) is 60.7 Å². The van der Waals surface area contributed by atoms with Crippen LogP contribution in [-0.4, -0.2) is 13.3 Å². The van der Waals surface area contributed by atoms with Crippen molar-refractivity contribution in [3.8, 4) is 0 Å². The summed E-state index contributed by atoms with van der Waals surface area (Å²) in [7, 11) is 0. The molecule has 0 amide bonds. The van der Waals surface area contributed by atoms with Crippen molar-refractivity contribution in [1.82, 2.24) is 0 Å². The fourth-order valence-electron chi connectivity index (χ4n) is 4.63. The van der Waals surface area contributed by atoms with Crippen molar-refractivity contribution in [2.45, 2.75) is 92.9 Å². The zero-order valence-electron chi connectivity index (χ0n) is 21.9. The molecule has 0 aliphatic carbocycles. The fraction of sp³-hybridized carbons (Fsp3) is 0.571. The lowest BCUT2D eigenvalue weighted by atomic mass is 9.72. The highest BCUT2D eigenvalue weighted by molar-refractivity contribution is 7.73. The molecule has 0 bridgehead atoms. The molecule has 0 aliphatic heterocycles. The normalized spacial score (nSPS) is 12.4. The maximum absolute atomic E-state index is 8.67. The van der Waals surface area contributed by atoms with Crippen LogP contribution < -0.4 is 0 Å². The summed E-state index contributed by atoms with van der Waals surface area (Å²) in [5.41, 5.74) is 4.21. The number of hydrogen-bond donors (Lipinski definition) is 2. The van der Waals surface area contributed by atoms with Crippen molar-refractivity contribution in [2.24, 2.45) is 10.8 Å². The van der Waals surface area contributed by atoms with Gasteiger partial charge in [0.25, 0.3) is 11.4 Å². The zero-order valence-corrected chi connectivity index (χ0v) is 22.7. The molecule has 0 heterocycles. The van der Waals surface area contributed by atoms with Crippen LogP contribution in [0.5, 0.6) is 0 Å². The molecule has 0 saturated heterocycles. The monoisotopic (exact) mass is 462 g/mol. The van der Waals surface area contributed by atoms with E-state index in [1.54, 1.807) is 0 Å². The summed E-state index contributed by atoms with van der Waals surface area (Å²) in [6.07, 6.45) is 2.42. The van der Waals surface area contributed by atoms with E-state index in [2.05, 4.69) is 130 Å². The predicted molar refractivity (Wildman–Crippen MR) is 140 cm³/mol. The van der Waals surface area contributed by atoms with Crippen molar-refractivity contribution in [1.29, 1.82) is 0 Å². The Labute approximate surface area is 200 Å². The van der Waals surface area contributed by atoms with Crippen LogP contribution in [-0.2, 0) is 22.2 Å². The predicted octanol–water partition coefficient (Wildman–Crippen LogP) is 8.48. The number of hydrogen-bond acceptors (Lipinski definition) is 1. The Morgan fingerprint density at radius 2 is 0.781 bits per heavy atom. The van der Waals surface area contributed by atoms with Crippen LogP contribution in [0.3, 0.4) is 0 Å². The Bertz CT molecular complexity index is 715. The second kappa shape index (κ2) is 12.7. The molecule has 4 heteroatoms. The minimum Gasteiger partial charge on any atom is -0.284 e. The van der Waals surface area contributed by atoms with E-state index in [0.29, 0.717) is 10.8 Å². The van der Waals surface area contributed by atoms with Gasteiger partial charge >= 0.3 is 0 Å². The summed E-state index contributed by atoms with van der Waals surface area (Å²) < 4.78 is 22.8. The van der Waals surface area contributed by atoms with E-state index >= 15 is 0 Å². The fourth-order valence-corrected chi connectivity index (χ4v) is 4.63. The Morgan fingerprint density at radius 1 is 0.562 bits per heavy atom. The third-order valence-electron chi connectivity index (χ3n) is 5.06. The van der Waals surface area contributed by atoms with Gasteiger partial charge in [-0.1, -0.05) is 130 Å². The van der Waals surface area contributed by atoms with Crippen LogP contribution in [0.4, 0.5) is 0 Å². The first kappa shape index (κ1) is 30.5. The summed E-state index contributed by atoms with van der Waals surface area (Å²) in [5.74, 6) is 0. The molecule has 3 nitrogen and oxygen atoms in total. The molecule has 182 valence electrons. The highest BCUT2D eigenvalue weighted by Gasteiger charge is 2.27. The molecule has 32 heavy (non-hydrogen) atoms. The zero-order chi connectivity index (χ0) is 25.2. The minimum absolute atomic E-state index is 0.277. The first-order valence-electron chi connectivity index (χ1n) is 11.3. The summed E-state index contributed by atoms with van der Waals surface area (Å²) >= 11 is -2.61. The molecule has 2 aromatic rings. The van der Waals surface area contributed by atoms with Crippen LogP contribution in [0.1, 0.15) is 93.2 Å². The molecule has 0 radical (unpaired) electrons. The van der Waals surface area contributed by atoms with E-state index in [4.69, 9.17) is 13.3 Å². The Kier molecular flexibility index (Phi) is 12.1. The molecular weight excluding hydrogens is 416 g/mol. The summed E-state index contributed by atoms with van der Waals surface area (Å²) in [4.78, 5) is 0. The quantitative estimate of drug-likeness (QED) is 0.448. The van der Waals surface area contributed by atoms with Crippen LogP contribution in [0.25, 0.3) is 0 Å². The van der Waals surface area contributed by atoms with E-state index in [9.17, 15) is 0 Å². The molecule has 0 saturated carbocycles. The lowest BCUT2D eigenvalue weighted by Gasteiger charge is -2.33. The average Bonchev–Trinajstić information content (AvgIpc) is 2.59. The number of rotatable bonds is 4. The molecule has 0 spiro atoms. The molecule has 0 fully saturated rings. The van der Waals surface area contributed by atoms with Crippen LogP contribution in [0, 0.1) is 10.8 Å². The third-order valence-corrected chi connectivity index (χ3v) is 5.06. The Hall–Kier alpha value is -1.49. The van der Waals surface area contributed by atoms with Gasteiger partial charge in [0.15, 0.2) is 0 Å². The molecule has 0 atom stereocenters. The maximum Gasteiger partial charge on any atom is 0.299 e. The second-order valence-corrected chi connectivity index (χ2v) is 12.7. The van der Waals surface area contributed by atoms with Gasteiger partial charge in [0.05, 0.1) is 0 Å². The maximum atomic E-state index is 8.67. The van der Waals surface area contributed by atoms with Crippen molar-refractivity contribution in [3.63, 3.8) is 0 Å². The first-order valence-corrected chi connectivity index (χ1v) is 12.3. The standard InChI is InChI=1S/2C14H22.H2O3S/c2*1-13(2,3)11-14(4,5)12-9-7-6-8-10-12;1-4(2)3/h2*6-10H,11H2,1-5H3;(H2,1,2,3). The van der Waals surface area contributed by atoms with Gasteiger partial charge in [-0.2, -0.15) is 4.21 Å². The van der Waals surface area contributed by atoms with E-state index < -0.39 is 11.4 Å². The van der Waals surface area contributed by atoms with Crippen LogP contribution in [0.2, 0.25) is 0 Å². The van der Waals surface area contributed by atoms with Crippen molar-refractivity contribution in [2.75, 3.05) is 0 Å². The van der Waals surface area contributed by atoms with Gasteiger partial charge in [0.2, 0.25) is 0 Å². The van der Waals surface area contributed by atoms with E-state index in [-0.39, 0.29) is 10.8 Å². The Balaban J connectivity index is 0.000000515. The molecule has 2 aromatic carbocycles. The minimum atomic E-state index is -2.61. The highest BCUT2D eigenvalue weighted by Crippen LogP contribution is 2.36. The lowest BCUT2D eigenvalue weighted by Crippen LogP contribution is -2.24. The lowest BCUT2D eigenvalue weighted by molar-refractivity contribution is 0.283. The number of benzene rings is 2. The van der Waals surface area contributed by atoms with Gasteiger partial charge in [-0.25, -0.2) is 0 Å². The highest BCUT2D eigenvalue weighted by atomic mass is 32.2. The molecule has 0 unspecified atom stereocenters. The van der Waals surface area contributed by atoms with Gasteiger partial charge in [-0.3, -0.25) is 9.11 Å². The Morgan fingerprint density at radius 3 is 0.969 bits per heavy atom. The summed E-state index contributed by atoms with van der Waals surface area (Å²) in [5, 5.41) is 0. The van der Waals surface area contributed by atoms with Gasteiger partial charge < -0.3 is 0 Å². The smallest absolute Gasteiger partial charge is 0.284 e. The van der Waals surface area contributed by atoms with E-state index in [0.717, 1.165) is 0 Å². The molecule has 2 rings (SSSR count). The van der Waals surface area contributed by atoms with E-state index in [1.807, 2.05) is 0 Å². The molecule has 0 aliphatic rings. The van der Waals surface area contributed by atoms with Gasteiger partial charge in [-0.15, -0.1) is 0 Å². The topological polar surface area (TPSA) is 57.5 Å². The molecule has 2 N–H and O–H groups in total. The SMILES string of the molecule is CC(C)(C)CC(C)(C)c1ccccc1.CC(C)(C)CC(C)(C)c1ccccc1.O=S(O)O. The van der Waals surface area contributed by atoms with Gasteiger partial charge in [-0.05, 0) is 45.6 Å². The largest absolute Gasteiger partial charge is 0.299 e. The van der Waals surface area contributed by atoms with Gasteiger partial charge in [0.1, 0.15) is 0 Å². The van der Waals surface area contributed by atoms with Crippen molar-refractivity contribution in [3.05, 3.63) is 71.8 Å². The van der Waals surface area contributed by atoms with Crippen LogP contribution >= 0.6 is 0 Å². The van der Waals surface area contributed by atoms with Crippen molar-refractivity contribution < 1.29 is 13.3 Å². The average molecular weight is 463 g/mol. The second-order valence-electron chi connectivity index (χ2n) is 12.2. The van der Waals surface area contributed by atoms with E-state index in [1.165, 1.54) is 24.0 Å². The summed E-state index contributed by atoms with van der Waals surface area (Å²) in [6.45, 7) is 23.1.